The lowest BCUT2D eigenvalue weighted by atomic mass is 9.99. The van der Waals surface area contributed by atoms with E-state index in [1.807, 2.05) is 24.0 Å². The second kappa shape index (κ2) is 8.73. The van der Waals surface area contributed by atoms with Crippen LogP contribution in [-0.2, 0) is 0 Å². The number of urea groups is 1. The van der Waals surface area contributed by atoms with E-state index in [1.165, 1.54) is 30.9 Å². The number of ether oxygens (including phenoxy) is 1. The van der Waals surface area contributed by atoms with Gasteiger partial charge in [-0.3, -0.25) is 10.1 Å². The molecule has 0 aliphatic carbocycles. The summed E-state index contributed by atoms with van der Waals surface area (Å²) >= 11 is 0. The number of non-ortho nitro benzene ring substituents is 1. The Balaban J connectivity index is 1.85. The number of hydrogen-bond donors (Lipinski definition) is 1. The van der Waals surface area contributed by atoms with Crippen LogP contribution >= 0.6 is 0 Å². The summed E-state index contributed by atoms with van der Waals surface area (Å²) in [6.45, 7) is 2.71. The maximum Gasteiger partial charge on any atom is 0.322 e. The summed E-state index contributed by atoms with van der Waals surface area (Å²) in [5.74, 6) is 0.268. The molecule has 7 nitrogen and oxygen atoms in total. The SMILES string of the molecule is COc1cc([N+](=O)[O-])ccc1NC(=O)N1CCCCCC1c1cccc(C)c1. The van der Waals surface area contributed by atoms with Crippen molar-refractivity contribution in [2.75, 3.05) is 19.0 Å². The lowest BCUT2D eigenvalue weighted by Crippen LogP contribution is -2.38. The number of nitrogens with zero attached hydrogens (tertiary/aromatic N) is 2. The third-order valence-corrected chi connectivity index (χ3v) is 5.08. The van der Waals surface area contributed by atoms with Gasteiger partial charge in [0.25, 0.3) is 5.69 Å². The Bertz CT molecular complexity index is 868. The molecule has 0 bridgehead atoms. The number of aryl methyl sites for hydroxylation is 1. The number of amides is 2. The third-order valence-electron chi connectivity index (χ3n) is 5.08. The average molecular weight is 383 g/mol. The number of hydrogen-bond acceptors (Lipinski definition) is 4. The Morgan fingerprint density at radius 2 is 2.04 bits per heavy atom. The molecule has 2 aromatic carbocycles. The number of benzene rings is 2. The van der Waals surface area contributed by atoms with Gasteiger partial charge in [-0.15, -0.1) is 0 Å². The van der Waals surface area contributed by atoms with Crippen LogP contribution in [0, 0.1) is 17.0 Å². The minimum Gasteiger partial charge on any atom is -0.494 e. The summed E-state index contributed by atoms with van der Waals surface area (Å²) in [4.78, 5) is 25.4. The largest absolute Gasteiger partial charge is 0.494 e. The van der Waals surface area contributed by atoms with E-state index in [0.717, 1.165) is 31.2 Å². The maximum absolute atomic E-state index is 13.1. The van der Waals surface area contributed by atoms with Crippen molar-refractivity contribution >= 4 is 17.4 Å². The van der Waals surface area contributed by atoms with Gasteiger partial charge >= 0.3 is 6.03 Å². The first-order valence-electron chi connectivity index (χ1n) is 9.46. The summed E-state index contributed by atoms with van der Waals surface area (Å²) in [6, 6.07) is 12.2. The molecule has 1 unspecified atom stereocenters. The van der Waals surface area contributed by atoms with Crippen molar-refractivity contribution in [3.05, 3.63) is 63.7 Å². The van der Waals surface area contributed by atoms with Crippen molar-refractivity contribution < 1.29 is 14.5 Å². The summed E-state index contributed by atoms with van der Waals surface area (Å²) in [5, 5.41) is 13.8. The molecule has 0 aromatic heterocycles. The van der Waals surface area contributed by atoms with E-state index in [2.05, 4.69) is 17.4 Å². The van der Waals surface area contributed by atoms with Crippen LogP contribution in [0.25, 0.3) is 0 Å². The zero-order valence-electron chi connectivity index (χ0n) is 16.2. The fourth-order valence-electron chi connectivity index (χ4n) is 3.66. The molecule has 1 atom stereocenters. The fraction of sp³-hybridized carbons (Fsp3) is 0.381. The summed E-state index contributed by atoms with van der Waals surface area (Å²) in [6.07, 6.45) is 4.03. The lowest BCUT2D eigenvalue weighted by molar-refractivity contribution is -0.384. The highest BCUT2D eigenvalue weighted by Gasteiger charge is 2.27. The van der Waals surface area contributed by atoms with Gasteiger partial charge in [-0.1, -0.05) is 42.7 Å². The van der Waals surface area contributed by atoms with Crippen molar-refractivity contribution in [1.29, 1.82) is 0 Å². The van der Waals surface area contributed by atoms with Gasteiger partial charge in [0.05, 0.1) is 29.8 Å². The van der Waals surface area contributed by atoms with Crippen LogP contribution in [0.5, 0.6) is 5.75 Å². The van der Waals surface area contributed by atoms with E-state index in [0.29, 0.717) is 12.2 Å². The summed E-state index contributed by atoms with van der Waals surface area (Å²) < 4.78 is 5.24. The summed E-state index contributed by atoms with van der Waals surface area (Å²) in [7, 11) is 1.43. The second-order valence-corrected chi connectivity index (χ2v) is 7.04. The molecule has 28 heavy (non-hydrogen) atoms. The van der Waals surface area contributed by atoms with Crippen molar-refractivity contribution in [2.45, 2.75) is 38.6 Å². The molecule has 7 heteroatoms. The van der Waals surface area contributed by atoms with Crippen LogP contribution in [-0.4, -0.2) is 29.5 Å². The fourth-order valence-corrected chi connectivity index (χ4v) is 3.66. The molecule has 1 saturated heterocycles. The molecule has 3 rings (SSSR count). The monoisotopic (exact) mass is 383 g/mol. The first kappa shape index (κ1) is 19.7. The predicted molar refractivity (Wildman–Crippen MR) is 108 cm³/mol. The van der Waals surface area contributed by atoms with Gasteiger partial charge < -0.3 is 15.0 Å². The highest BCUT2D eigenvalue weighted by atomic mass is 16.6. The average Bonchev–Trinajstić information content (AvgIpc) is 2.94. The van der Waals surface area contributed by atoms with Gasteiger partial charge in [0.2, 0.25) is 0 Å². The second-order valence-electron chi connectivity index (χ2n) is 7.04. The topological polar surface area (TPSA) is 84.7 Å². The van der Waals surface area contributed by atoms with Crippen LogP contribution in [0.2, 0.25) is 0 Å². The van der Waals surface area contributed by atoms with Crippen LogP contribution in [0.15, 0.2) is 42.5 Å². The smallest absolute Gasteiger partial charge is 0.322 e. The summed E-state index contributed by atoms with van der Waals surface area (Å²) in [5.41, 5.74) is 2.64. The number of nitro groups is 1. The minimum atomic E-state index is -0.489. The van der Waals surface area contributed by atoms with Gasteiger partial charge in [0, 0.05) is 12.6 Å². The van der Waals surface area contributed by atoms with Crippen LogP contribution in [0.3, 0.4) is 0 Å². The van der Waals surface area contributed by atoms with Crippen molar-refractivity contribution in [3.63, 3.8) is 0 Å². The normalized spacial score (nSPS) is 16.9. The zero-order valence-corrected chi connectivity index (χ0v) is 16.2. The number of nitrogens with one attached hydrogen (secondary N) is 1. The number of carbonyl (C=O) groups excluding carboxylic acids is 1. The molecule has 1 heterocycles. The van der Waals surface area contributed by atoms with Gasteiger partial charge in [-0.05, 0) is 31.4 Å². The molecule has 2 amide bonds. The molecule has 0 spiro atoms. The van der Waals surface area contributed by atoms with Crippen molar-refractivity contribution in [2.24, 2.45) is 0 Å². The quantitative estimate of drug-likeness (QED) is 0.591. The van der Waals surface area contributed by atoms with Gasteiger partial charge in [0.15, 0.2) is 0 Å². The van der Waals surface area contributed by atoms with Crippen LogP contribution < -0.4 is 10.1 Å². The predicted octanol–water partition coefficient (Wildman–Crippen LogP) is 5.06. The van der Waals surface area contributed by atoms with E-state index < -0.39 is 4.92 Å². The molecule has 1 N–H and O–H groups in total. The molecule has 1 aliphatic rings. The molecule has 2 aromatic rings. The Morgan fingerprint density at radius 1 is 1.21 bits per heavy atom. The molecular formula is C21H25N3O4. The molecule has 148 valence electrons. The third kappa shape index (κ3) is 4.42. The highest BCUT2D eigenvalue weighted by molar-refractivity contribution is 5.91. The molecule has 1 fully saturated rings. The van der Waals surface area contributed by atoms with Gasteiger partial charge in [0.1, 0.15) is 5.75 Å². The Labute approximate surface area is 164 Å². The number of carbonyl (C=O) groups is 1. The van der Waals surface area contributed by atoms with Gasteiger partial charge in [-0.25, -0.2) is 4.79 Å². The zero-order chi connectivity index (χ0) is 20.1. The van der Waals surface area contributed by atoms with Crippen molar-refractivity contribution in [3.8, 4) is 5.75 Å². The maximum atomic E-state index is 13.1. The van der Waals surface area contributed by atoms with Crippen LogP contribution in [0.4, 0.5) is 16.2 Å². The molecular weight excluding hydrogens is 358 g/mol. The Kier molecular flexibility index (Phi) is 6.13. The number of likely N-dealkylation sites (tertiary alicyclic amines) is 1. The lowest BCUT2D eigenvalue weighted by Gasteiger charge is -2.31. The van der Waals surface area contributed by atoms with E-state index in [1.54, 1.807) is 0 Å². The number of anilines is 1. The first-order chi connectivity index (χ1) is 13.5. The van der Waals surface area contributed by atoms with Crippen molar-refractivity contribution in [1.82, 2.24) is 4.90 Å². The number of methoxy groups -OCH3 is 1. The van der Waals surface area contributed by atoms with E-state index in [9.17, 15) is 14.9 Å². The molecule has 0 radical (unpaired) electrons. The number of rotatable bonds is 4. The highest BCUT2D eigenvalue weighted by Crippen LogP contribution is 2.33. The van der Waals surface area contributed by atoms with E-state index in [4.69, 9.17) is 4.74 Å². The first-order valence-corrected chi connectivity index (χ1v) is 9.46. The Hall–Kier alpha value is -3.09. The van der Waals surface area contributed by atoms with E-state index in [-0.39, 0.29) is 23.5 Å². The Morgan fingerprint density at radius 3 is 2.75 bits per heavy atom. The number of nitro benzene ring substituents is 1. The minimum absolute atomic E-state index is 0.00597. The van der Waals surface area contributed by atoms with E-state index >= 15 is 0 Å². The molecule has 0 saturated carbocycles. The van der Waals surface area contributed by atoms with Gasteiger partial charge in [-0.2, -0.15) is 0 Å². The van der Waals surface area contributed by atoms with Crippen LogP contribution in [0.1, 0.15) is 42.9 Å². The standard InChI is InChI=1S/C21H25N3O4/c1-15-7-6-8-16(13-15)19-9-4-3-5-12-23(19)21(25)22-18-11-10-17(24(26)27)14-20(18)28-2/h6-8,10-11,13-14,19H,3-5,9,12H2,1-2H3,(H,22,25). The molecule has 1 aliphatic heterocycles.